The first kappa shape index (κ1) is 22.0. The van der Waals surface area contributed by atoms with Crippen molar-refractivity contribution in [1.29, 1.82) is 0 Å². The van der Waals surface area contributed by atoms with Crippen LogP contribution in [0.2, 0.25) is 5.02 Å². The SMILES string of the molecule is Cc1cccc(N2C(=O)/C(=C/c3cc(C)n(-c4ccccc4Cl)c3C)C(=O)NC2=S)c1C. The molecular weight excluding hydrogens is 442 g/mol. The van der Waals surface area contributed by atoms with Crippen LogP contribution in [0.1, 0.15) is 28.1 Å². The molecule has 162 valence electrons. The van der Waals surface area contributed by atoms with Crippen LogP contribution in [0.5, 0.6) is 0 Å². The predicted molar refractivity (Wildman–Crippen MR) is 132 cm³/mol. The lowest BCUT2D eigenvalue weighted by Crippen LogP contribution is -2.54. The Hall–Kier alpha value is -3.22. The first-order valence-electron chi connectivity index (χ1n) is 10.1. The van der Waals surface area contributed by atoms with Gasteiger partial charge in [0.05, 0.1) is 16.4 Å². The molecule has 2 heterocycles. The summed E-state index contributed by atoms with van der Waals surface area (Å²) >= 11 is 11.7. The van der Waals surface area contributed by atoms with Gasteiger partial charge in [0.15, 0.2) is 5.11 Å². The number of amides is 2. The van der Waals surface area contributed by atoms with E-state index in [-0.39, 0.29) is 10.7 Å². The summed E-state index contributed by atoms with van der Waals surface area (Å²) in [6.07, 6.45) is 1.62. The largest absolute Gasteiger partial charge is 0.316 e. The number of nitrogens with zero attached hydrogens (tertiary/aromatic N) is 2. The van der Waals surface area contributed by atoms with Gasteiger partial charge in [-0.05, 0) is 86.9 Å². The maximum Gasteiger partial charge on any atom is 0.270 e. The molecule has 2 amide bonds. The van der Waals surface area contributed by atoms with E-state index in [1.807, 2.05) is 80.8 Å². The number of halogens is 1. The Morgan fingerprint density at radius 2 is 1.66 bits per heavy atom. The van der Waals surface area contributed by atoms with E-state index < -0.39 is 11.8 Å². The Morgan fingerprint density at radius 3 is 2.38 bits per heavy atom. The van der Waals surface area contributed by atoms with Gasteiger partial charge in [-0.2, -0.15) is 0 Å². The van der Waals surface area contributed by atoms with E-state index in [0.29, 0.717) is 10.7 Å². The first-order valence-corrected chi connectivity index (χ1v) is 10.9. The third kappa shape index (κ3) is 3.66. The van der Waals surface area contributed by atoms with Crippen LogP contribution >= 0.6 is 23.8 Å². The molecule has 0 atom stereocenters. The zero-order valence-corrected chi connectivity index (χ0v) is 19.8. The molecule has 0 spiro atoms. The third-order valence-electron chi connectivity index (χ3n) is 5.78. The summed E-state index contributed by atoms with van der Waals surface area (Å²) in [5.74, 6) is -0.959. The highest BCUT2D eigenvalue weighted by Crippen LogP contribution is 2.30. The molecule has 1 aliphatic heterocycles. The molecule has 1 aliphatic rings. The zero-order valence-electron chi connectivity index (χ0n) is 18.2. The van der Waals surface area contributed by atoms with E-state index in [1.165, 1.54) is 4.90 Å². The highest BCUT2D eigenvalue weighted by molar-refractivity contribution is 7.80. The molecule has 5 nitrogen and oxygen atoms in total. The van der Waals surface area contributed by atoms with Crippen molar-refractivity contribution in [2.75, 3.05) is 4.90 Å². The number of nitrogens with one attached hydrogen (secondary N) is 1. The number of rotatable bonds is 3. The van der Waals surface area contributed by atoms with E-state index in [0.717, 1.165) is 33.8 Å². The highest BCUT2D eigenvalue weighted by atomic mass is 35.5. The number of aryl methyl sites for hydroxylation is 2. The number of hydrogen-bond acceptors (Lipinski definition) is 3. The smallest absolute Gasteiger partial charge is 0.270 e. The fourth-order valence-corrected chi connectivity index (χ4v) is 4.44. The number of anilines is 1. The lowest BCUT2D eigenvalue weighted by molar-refractivity contribution is -0.122. The summed E-state index contributed by atoms with van der Waals surface area (Å²) in [5, 5.41) is 3.35. The molecule has 3 aromatic rings. The Morgan fingerprint density at radius 1 is 0.969 bits per heavy atom. The van der Waals surface area contributed by atoms with Crippen molar-refractivity contribution in [3.63, 3.8) is 0 Å². The molecule has 32 heavy (non-hydrogen) atoms. The second kappa shape index (κ2) is 8.37. The maximum absolute atomic E-state index is 13.4. The Bertz CT molecular complexity index is 1320. The van der Waals surface area contributed by atoms with Gasteiger partial charge in [0.2, 0.25) is 0 Å². The lowest BCUT2D eigenvalue weighted by atomic mass is 10.0. The molecular formula is C25H22ClN3O2S. The quantitative estimate of drug-likeness (QED) is 0.330. The first-order chi connectivity index (χ1) is 15.2. The van der Waals surface area contributed by atoms with E-state index in [2.05, 4.69) is 5.32 Å². The lowest BCUT2D eigenvalue weighted by Gasteiger charge is -2.30. The molecule has 4 rings (SSSR count). The third-order valence-corrected chi connectivity index (χ3v) is 6.39. The number of carbonyl (C=O) groups excluding carboxylic acids is 2. The average Bonchev–Trinajstić information content (AvgIpc) is 3.01. The zero-order chi connectivity index (χ0) is 23.2. The summed E-state index contributed by atoms with van der Waals surface area (Å²) in [6.45, 7) is 7.78. The molecule has 0 unspecified atom stereocenters. The molecule has 0 saturated carbocycles. The predicted octanol–water partition coefficient (Wildman–Crippen LogP) is 5.20. The molecule has 1 aromatic heterocycles. The van der Waals surface area contributed by atoms with Gasteiger partial charge < -0.3 is 4.57 Å². The standard InChI is InChI=1S/C25H22ClN3O2S/c1-14-8-7-11-21(16(14)3)29-24(31)19(23(30)27-25(29)32)13-18-12-15(2)28(17(18)4)22-10-6-5-9-20(22)26/h5-13H,1-4H3,(H,27,30,32)/b19-13+. The van der Waals surface area contributed by atoms with Crippen LogP contribution in [0.3, 0.4) is 0 Å². The second-order valence-corrected chi connectivity index (χ2v) is 8.58. The number of carbonyl (C=O) groups is 2. The topological polar surface area (TPSA) is 54.3 Å². The van der Waals surface area contributed by atoms with Gasteiger partial charge in [-0.1, -0.05) is 35.9 Å². The van der Waals surface area contributed by atoms with Gasteiger partial charge in [0.1, 0.15) is 5.57 Å². The summed E-state index contributed by atoms with van der Waals surface area (Å²) in [5.41, 5.74) is 6.05. The van der Waals surface area contributed by atoms with Gasteiger partial charge in [-0.15, -0.1) is 0 Å². The summed E-state index contributed by atoms with van der Waals surface area (Å²) in [6, 6.07) is 15.1. The van der Waals surface area contributed by atoms with Crippen LogP contribution in [0.4, 0.5) is 5.69 Å². The van der Waals surface area contributed by atoms with Crippen LogP contribution < -0.4 is 10.2 Å². The molecule has 1 N–H and O–H groups in total. The number of para-hydroxylation sites is 1. The molecule has 1 saturated heterocycles. The monoisotopic (exact) mass is 463 g/mol. The summed E-state index contributed by atoms with van der Waals surface area (Å²) in [4.78, 5) is 27.5. The van der Waals surface area contributed by atoms with Crippen molar-refractivity contribution in [2.24, 2.45) is 0 Å². The molecule has 1 fully saturated rings. The molecule has 0 aliphatic carbocycles. The van der Waals surface area contributed by atoms with Crippen molar-refractivity contribution in [1.82, 2.24) is 9.88 Å². The fraction of sp³-hybridized carbons (Fsp3) is 0.160. The normalized spacial score (nSPS) is 15.5. The number of benzene rings is 2. The van der Waals surface area contributed by atoms with Crippen LogP contribution in [-0.4, -0.2) is 21.5 Å². The minimum absolute atomic E-state index is 0.0268. The van der Waals surface area contributed by atoms with Crippen molar-refractivity contribution in [3.8, 4) is 5.69 Å². The summed E-state index contributed by atoms with van der Waals surface area (Å²) in [7, 11) is 0. The van der Waals surface area contributed by atoms with Crippen molar-refractivity contribution >= 4 is 52.5 Å². The summed E-state index contributed by atoms with van der Waals surface area (Å²) < 4.78 is 2.01. The van der Waals surface area contributed by atoms with Gasteiger partial charge in [-0.3, -0.25) is 19.8 Å². The van der Waals surface area contributed by atoms with E-state index in [4.69, 9.17) is 23.8 Å². The van der Waals surface area contributed by atoms with E-state index in [1.54, 1.807) is 6.08 Å². The van der Waals surface area contributed by atoms with Gasteiger partial charge >= 0.3 is 0 Å². The second-order valence-electron chi connectivity index (χ2n) is 7.79. The fourth-order valence-electron chi connectivity index (χ4n) is 3.95. The van der Waals surface area contributed by atoms with Crippen LogP contribution in [0.15, 0.2) is 54.1 Å². The molecule has 2 aromatic carbocycles. The minimum atomic E-state index is -0.510. The Labute approximate surface area is 197 Å². The number of hydrogen-bond donors (Lipinski definition) is 1. The van der Waals surface area contributed by atoms with Crippen LogP contribution in [-0.2, 0) is 9.59 Å². The molecule has 0 bridgehead atoms. The number of thiocarbonyl (C=S) groups is 1. The average molecular weight is 464 g/mol. The number of aromatic nitrogens is 1. The molecule has 0 radical (unpaired) electrons. The van der Waals surface area contributed by atoms with Crippen LogP contribution in [0.25, 0.3) is 11.8 Å². The Kier molecular flexibility index (Phi) is 5.75. The minimum Gasteiger partial charge on any atom is -0.316 e. The van der Waals surface area contributed by atoms with E-state index >= 15 is 0 Å². The Balaban J connectivity index is 1.81. The van der Waals surface area contributed by atoms with Gasteiger partial charge in [-0.25, -0.2) is 0 Å². The van der Waals surface area contributed by atoms with E-state index in [9.17, 15) is 9.59 Å². The maximum atomic E-state index is 13.4. The van der Waals surface area contributed by atoms with Crippen LogP contribution in [0, 0.1) is 27.7 Å². The van der Waals surface area contributed by atoms with Gasteiger partial charge in [0, 0.05) is 11.4 Å². The van der Waals surface area contributed by atoms with Crippen molar-refractivity contribution in [2.45, 2.75) is 27.7 Å². The van der Waals surface area contributed by atoms with Crippen molar-refractivity contribution in [3.05, 3.63) is 87.2 Å². The highest BCUT2D eigenvalue weighted by Gasteiger charge is 2.35. The molecule has 7 heteroatoms. The van der Waals surface area contributed by atoms with Crippen molar-refractivity contribution < 1.29 is 9.59 Å². The van der Waals surface area contributed by atoms with Gasteiger partial charge in [0.25, 0.3) is 11.8 Å².